The Morgan fingerprint density at radius 3 is 1.56 bits per heavy atom. The summed E-state index contributed by atoms with van der Waals surface area (Å²) in [6.07, 6.45) is 2.23. The van der Waals surface area contributed by atoms with E-state index in [-0.39, 0.29) is 0 Å². The largest absolute Gasteiger partial charge is 0.355 e. The van der Waals surface area contributed by atoms with Crippen LogP contribution in [0.1, 0.15) is 16.7 Å². The van der Waals surface area contributed by atoms with Crippen LogP contribution in [-0.4, -0.2) is 24.3 Å². The van der Waals surface area contributed by atoms with E-state index in [2.05, 4.69) is 213 Å². The van der Waals surface area contributed by atoms with Gasteiger partial charge in [-0.15, -0.1) is 0 Å². The fourth-order valence-electron chi connectivity index (χ4n) is 7.83. The maximum atomic E-state index is 5.27. The zero-order chi connectivity index (χ0) is 36.4. The molecule has 0 radical (unpaired) electrons. The van der Waals surface area contributed by atoms with Crippen molar-refractivity contribution in [3.63, 3.8) is 0 Å². The fraction of sp³-hybridized carbons (Fsp3) is 0.0577. The van der Waals surface area contributed by atoms with Gasteiger partial charge in [-0.3, -0.25) is 0 Å². The van der Waals surface area contributed by atoms with Crippen LogP contribution < -0.4 is 0 Å². The van der Waals surface area contributed by atoms with E-state index in [9.17, 15) is 0 Å². The third kappa shape index (κ3) is 6.33. The normalized spacial score (nSPS) is 12.7. The van der Waals surface area contributed by atoms with Crippen LogP contribution in [0.3, 0.4) is 0 Å². The molecule has 1 heterocycles. The molecular weight excluding hydrogens is 653 g/mol. The van der Waals surface area contributed by atoms with Gasteiger partial charge in [0.2, 0.25) is 0 Å². The number of aliphatic imine (C=N–C) groups is 1. The molecule has 0 saturated heterocycles. The number of rotatable bonds is 4. The molecule has 2 nitrogen and oxygen atoms in total. The van der Waals surface area contributed by atoms with Crippen LogP contribution >= 0.6 is 0 Å². The Labute approximate surface area is 317 Å². The lowest BCUT2D eigenvalue weighted by atomic mass is 9.85. The van der Waals surface area contributed by atoms with Crippen LogP contribution in [0.15, 0.2) is 199 Å². The molecule has 0 bridgehead atoms. The van der Waals surface area contributed by atoms with Gasteiger partial charge >= 0.3 is 0 Å². The van der Waals surface area contributed by atoms with Gasteiger partial charge < -0.3 is 4.90 Å². The van der Waals surface area contributed by atoms with Gasteiger partial charge in [0.1, 0.15) is 5.84 Å². The molecule has 0 unspecified atom stereocenters. The molecule has 0 aromatic heterocycles. The van der Waals surface area contributed by atoms with E-state index in [1.807, 2.05) is 0 Å². The number of likely N-dealkylation sites (N-methyl/N-ethyl adjacent to an activating group) is 1. The zero-order valence-corrected chi connectivity index (χ0v) is 30.6. The molecule has 10 rings (SSSR count). The molecule has 0 saturated carbocycles. The minimum atomic E-state index is 0.803. The molecule has 0 atom stereocenters. The van der Waals surface area contributed by atoms with Gasteiger partial charge in [0.05, 0.1) is 5.70 Å². The van der Waals surface area contributed by atoms with Gasteiger partial charge in [-0.05, 0) is 90.5 Å². The lowest BCUT2D eigenvalue weighted by molar-refractivity contribution is 0.559. The molecule has 0 fully saturated rings. The zero-order valence-electron chi connectivity index (χ0n) is 30.6. The topological polar surface area (TPSA) is 15.6 Å². The van der Waals surface area contributed by atoms with Crippen molar-refractivity contribution in [3.8, 4) is 22.3 Å². The van der Waals surface area contributed by atoms with Gasteiger partial charge in [-0.1, -0.05) is 181 Å². The van der Waals surface area contributed by atoms with E-state index < -0.39 is 0 Å². The molecule has 0 amide bonds. The number of benzene rings is 9. The predicted octanol–water partition coefficient (Wildman–Crippen LogP) is 13.4. The third-order valence-electron chi connectivity index (χ3n) is 10.5. The quantitative estimate of drug-likeness (QED) is 0.168. The van der Waals surface area contributed by atoms with Crippen molar-refractivity contribution in [1.29, 1.82) is 0 Å². The van der Waals surface area contributed by atoms with Crippen LogP contribution in [0, 0.1) is 6.92 Å². The first-order chi connectivity index (χ1) is 26.6. The van der Waals surface area contributed by atoms with Crippen LogP contribution in [0.4, 0.5) is 0 Å². The minimum absolute atomic E-state index is 0.803. The minimum Gasteiger partial charge on any atom is -0.355 e. The predicted molar refractivity (Wildman–Crippen MR) is 232 cm³/mol. The van der Waals surface area contributed by atoms with Crippen LogP contribution in [0.5, 0.6) is 0 Å². The Morgan fingerprint density at radius 2 is 0.907 bits per heavy atom. The van der Waals surface area contributed by atoms with Crippen LogP contribution in [-0.2, 0) is 0 Å². The van der Waals surface area contributed by atoms with Crippen molar-refractivity contribution in [2.24, 2.45) is 4.99 Å². The lowest BCUT2D eigenvalue weighted by Crippen LogP contribution is -2.30. The molecule has 9 aromatic rings. The summed E-state index contributed by atoms with van der Waals surface area (Å²) in [6, 6.07) is 67.4. The molecule has 0 spiro atoms. The summed E-state index contributed by atoms with van der Waals surface area (Å²) in [5.41, 5.74) is 9.58. The highest BCUT2D eigenvalue weighted by molar-refractivity contribution is 6.22. The second kappa shape index (κ2) is 14.3. The van der Waals surface area contributed by atoms with Gasteiger partial charge in [0, 0.05) is 24.7 Å². The van der Waals surface area contributed by atoms with E-state index >= 15 is 0 Å². The first-order valence-electron chi connectivity index (χ1n) is 18.6. The molecule has 0 N–H and O–H groups in total. The number of nitrogens with zero attached hydrogens (tertiary/aromatic N) is 2. The summed E-state index contributed by atoms with van der Waals surface area (Å²) in [6.45, 7) is 2.92. The van der Waals surface area contributed by atoms with Crippen molar-refractivity contribution in [1.82, 2.24) is 4.90 Å². The van der Waals surface area contributed by atoms with Crippen molar-refractivity contribution in [2.45, 2.75) is 6.92 Å². The Morgan fingerprint density at radius 1 is 0.407 bits per heavy atom. The second-order valence-electron chi connectivity index (χ2n) is 14.1. The van der Waals surface area contributed by atoms with E-state index in [0.29, 0.717) is 0 Å². The van der Waals surface area contributed by atoms with Crippen molar-refractivity contribution < 1.29 is 0 Å². The second-order valence-corrected chi connectivity index (χ2v) is 14.1. The van der Waals surface area contributed by atoms with E-state index in [4.69, 9.17) is 4.99 Å². The van der Waals surface area contributed by atoms with Crippen molar-refractivity contribution in [3.05, 3.63) is 211 Å². The molecule has 258 valence electrons. The Bertz CT molecular complexity index is 2870. The molecule has 9 aromatic carbocycles. The molecule has 1 aliphatic rings. The van der Waals surface area contributed by atoms with E-state index in [1.54, 1.807) is 0 Å². The first kappa shape index (κ1) is 33.1. The number of fused-ring (bicyclic) bond motifs is 4. The Kier molecular flexibility index (Phi) is 8.78. The highest BCUT2D eigenvalue weighted by atomic mass is 15.2. The average Bonchev–Trinajstić information content (AvgIpc) is 3.23. The van der Waals surface area contributed by atoms with E-state index in [1.165, 1.54) is 70.9 Å². The summed E-state index contributed by atoms with van der Waals surface area (Å²) >= 11 is 0. The van der Waals surface area contributed by atoms with Crippen molar-refractivity contribution in [2.75, 3.05) is 13.6 Å². The van der Waals surface area contributed by atoms with Crippen LogP contribution in [0.2, 0.25) is 0 Å². The summed E-state index contributed by atoms with van der Waals surface area (Å²) in [4.78, 5) is 7.51. The third-order valence-corrected chi connectivity index (χ3v) is 10.5. The maximum absolute atomic E-state index is 5.27. The SMILES string of the molecule is CN1CC=C(c2ccc3ccccc3c2)N=C1c1ccc2c(-c3ccccc3)c3ccccc3c(-c3ccccc3)c2c1.Cc1ccc2ccccc2c1. The standard InChI is InChI=1S/C41H30N2.C11H10/c1-43-25-24-38(32-21-20-28-12-8-9-17-31(28)26-32)42-41(43)33-22-23-36-37(27-33)40(30-15-6-3-7-16-30)35-19-11-10-18-34(35)39(36)29-13-4-2-5-14-29;1-9-6-7-10-4-2-3-5-11(10)8-9/h2-24,26-27H,25H2,1H3;2-8H,1H3. The van der Waals surface area contributed by atoms with E-state index in [0.717, 1.165) is 29.2 Å². The van der Waals surface area contributed by atoms with Gasteiger partial charge in [-0.2, -0.15) is 0 Å². The maximum Gasteiger partial charge on any atom is 0.136 e. The van der Waals surface area contributed by atoms with Crippen molar-refractivity contribution >= 4 is 54.6 Å². The molecule has 2 heteroatoms. The number of hydrogen-bond acceptors (Lipinski definition) is 2. The lowest BCUT2D eigenvalue weighted by Gasteiger charge is -2.26. The number of amidine groups is 1. The Hall–Kier alpha value is -6.77. The monoisotopic (exact) mass is 692 g/mol. The smallest absolute Gasteiger partial charge is 0.136 e. The summed E-state index contributed by atoms with van der Waals surface area (Å²) in [7, 11) is 2.13. The Balaban J connectivity index is 0.000000299. The molecule has 0 aliphatic carbocycles. The summed E-state index contributed by atoms with van der Waals surface area (Å²) < 4.78 is 0. The average molecular weight is 693 g/mol. The molecule has 1 aliphatic heterocycles. The molecular formula is C52H40N2. The van der Waals surface area contributed by atoms with Gasteiger partial charge in [0.15, 0.2) is 0 Å². The summed E-state index contributed by atoms with van der Waals surface area (Å²) in [5.74, 6) is 0.987. The number of aryl methyl sites for hydroxylation is 1. The highest BCUT2D eigenvalue weighted by Crippen LogP contribution is 2.44. The highest BCUT2D eigenvalue weighted by Gasteiger charge is 2.20. The first-order valence-corrected chi connectivity index (χ1v) is 18.6. The summed E-state index contributed by atoms with van der Waals surface area (Å²) in [5, 5.41) is 10.1. The van der Waals surface area contributed by atoms with Crippen LogP contribution in [0.25, 0.3) is 71.0 Å². The van der Waals surface area contributed by atoms with Gasteiger partial charge in [-0.25, -0.2) is 4.99 Å². The van der Waals surface area contributed by atoms with Gasteiger partial charge in [0.25, 0.3) is 0 Å². The molecule has 54 heavy (non-hydrogen) atoms. The fourth-order valence-corrected chi connectivity index (χ4v) is 7.83. The number of hydrogen-bond donors (Lipinski definition) is 0.